The highest BCUT2D eigenvalue weighted by atomic mass is 35.5. The van der Waals surface area contributed by atoms with Crippen LogP contribution < -0.4 is 15.6 Å². The Morgan fingerprint density at radius 1 is 1.00 bits per heavy atom. The first-order valence-electron chi connectivity index (χ1n) is 7.47. The molecule has 24 heavy (non-hydrogen) atoms. The molecule has 2 aromatic rings. The van der Waals surface area contributed by atoms with Crippen LogP contribution in [0.25, 0.3) is 0 Å². The minimum Gasteiger partial charge on any atom is -0.480 e. The van der Waals surface area contributed by atoms with Gasteiger partial charge in [0.05, 0.1) is 10.6 Å². The second kappa shape index (κ2) is 7.84. The minimum atomic E-state index is -0.767. The van der Waals surface area contributed by atoms with Crippen LogP contribution in [0.5, 0.6) is 5.75 Å². The second-order valence-corrected chi connectivity index (χ2v) is 5.81. The van der Waals surface area contributed by atoms with E-state index in [0.29, 0.717) is 10.8 Å². The predicted molar refractivity (Wildman–Crippen MR) is 93.1 cm³/mol. The summed E-state index contributed by atoms with van der Waals surface area (Å²) in [6, 6.07) is 12.3. The Balaban J connectivity index is 1.95. The summed E-state index contributed by atoms with van der Waals surface area (Å²) in [6.07, 6.45) is -0.767. The van der Waals surface area contributed by atoms with Crippen molar-refractivity contribution in [3.05, 3.63) is 64.2 Å². The largest absolute Gasteiger partial charge is 0.480 e. The number of benzene rings is 2. The highest BCUT2D eigenvalue weighted by Gasteiger charge is 2.18. The van der Waals surface area contributed by atoms with Crippen LogP contribution in [0.4, 0.5) is 0 Å². The molecule has 2 N–H and O–H groups in total. The topological polar surface area (TPSA) is 67.4 Å². The zero-order valence-corrected chi connectivity index (χ0v) is 14.5. The summed E-state index contributed by atoms with van der Waals surface area (Å²) in [5.41, 5.74) is 6.84. The summed E-state index contributed by atoms with van der Waals surface area (Å²) >= 11 is 5.94. The van der Waals surface area contributed by atoms with E-state index in [1.54, 1.807) is 31.2 Å². The van der Waals surface area contributed by atoms with Crippen LogP contribution in [0.15, 0.2) is 42.5 Å². The van der Waals surface area contributed by atoms with Crippen LogP contribution in [0.2, 0.25) is 5.02 Å². The maximum atomic E-state index is 12.1. The quantitative estimate of drug-likeness (QED) is 0.835. The highest BCUT2D eigenvalue weighted by molar-refractivity contribution is 6.33. The normalized spacial score (nSPS) is 11.5. The number of carbonyl (C=O) groups excluding carboxylic acids is 2. The van der Waals surface area contributed by atoms with E-state index in [9.17, 15) is 9.59 Å². The third-order valence-corrected chi connectivity index (χ3v) is 3.82. The molecule has 1 atom stereocenters. The number of hydrogen-bond donors (Lipinski definition) is 2. The fourth-order valence-electron chi connectivity index (χ4n) is 2.15. The molecule has 0 heterocycles. The molecule has 0 aliphatic heterocycles. The van der Waals surface area contributed by atoms with E-state index in [4.69, 9.17) is 16.3 Å². The van der Waals surface area contributed by atoms with E-state index in [1.807, 2.05) is 32.0 Å². The molecule has 2 amide bonds. The number of ether oxygens (including phenoxy) is 1. The van der Waals surface area contributed by atoms with Gasteiger partial charge < -0.3 is 4.74 Å². The van der Waals surface area contributed by atoms with E-state index in [-0.39, 0.29) is 5.56 Å². The van der Waals surface area contributed by atoms with Crippen molar-refractivity contribution < 1.29 is 14.3 Å². The monoisotopic (exact) mass is 346 g/mol. The average molecular weight is 347 g/mol. The lowest BCUT2D eigenvalue weighted by atomic mass is 10.1. The maximum Gasteiger partial charge on any atom is 0.279 e. The van der Waals surface area contributed by atoms with Crippen molar-refractivity contribution in [1.29, 1.82) is 0 Å². The summed E-state index contributed by atoms with van der Waals surface area (Å²) in [5.74, 6) is -0.288. The van der Waals surface area contributed by atoms with Crippen molar-refractivity contribution >= 4 is 23.4 Å². The summed E-state index contributed by atoms with van der Waals surface area (Å²) < 4.78 is 5.71. The Morgan fingerprint density at radius 3 is 2.25 bits per heavy atom. The zero-order chi connectivity index (χ0) is 17.7. The van der Waals surface area contributed by atoms with Gasteiger partial charge >= 0.3 is 0 Å². The number of hydrogen-bond acceptors (Lipinski definition) is 3. The van der Waals surface area contributed by atoms with Crippen molar-refractivity contribution in [2.75, 3.05) is 0 Å². The molecule has 0 unspecified atom stereocenters. The molecule has 5 nitrogen and oxygen atoms in total. The van der Waals surface area contributed by atoms with Crippen LogP contribution in [0.3, 0.4) is 0 Å². The minimum absolute atomic E-state index is 0.280. The Bertz CT molecular complexity index is 741. The fraction of sp³-hybridized carbons (Fsp3) is 0.222. The molecule has 0 bridgehead atoms. The molecule has 0 radical (unpaired) electrons. The van der Waals surface area contributed by atoms with Gasteiger partial charge in [0, 0.05) is 0 Å². The number of rotatable bonds is 4. The lowest BCUT2D eigenvalue weighted by molar-refractivity contribution is -0.128. The highest BCUT2D eigenvalue weighted by Crippen LogP contribution is 2.23. The molecule has 0 aromatic heterocycles. The van der Waals surface area contributed by atoms with Crippen molar-refractivity contribution in [2.24, 2.45) is 0 Å². The smallest absolute Gasteiger partial charge is 0.279 e. The molecule has 0 saturated heterocycles. The third-order valence-electron chi connectivity index (χ3n) is 3.49. The number of halogens is 1. The summed E-state index contributed by atoms with van der Waals surface area (Å²) in [4.78, 5) is 24.1. The van der Waals surface area contributed by atoms with Gasteiger partial charge in [0.15, 0.2) is 6.10 Å². The van der Waals surface area contributed by atoms with Crippen molar-refractivity contribution in [1.82, 2.24) is 10.9 Å². The van der Waals surface area contributed by atoms with Crippen LogP contribution in [0.1, 0.15) is 28.4 Å². The van der Waals surface area contributed by atoms with Crippen molar-refractivity contribution in [2.45, 2.75) is 26.9 Å². The number of aryl methyl sites for hydroxylation is 2. The van der Waals surface area contributed by atoms with Crippen LogP contribution in [0, 0.1) is 13.8 Å². The van der Waals surface area contributed by atoms with Crippen LogP contribution in [-0.2, 0) is 4.79 Å². The maximum absolute atomic E-state index is 12.1. The van der Waals surface area contributed by atoms with Gasteiger partial charge in [-0.15, -0.1) is 0 Å². The first-order chi connectivity index (χ1) is 11.4. The molecule has 0 spiro atoms. The first kappa shape index (κ1) is 17.8. The molecule has 0 fully saturated rings. The number of para-hydroxylation sites is 1. The summed E-state index contributed by atoms with van der Waals surface area (Å²) in [7, 11) is 0. The Kier molecular flexibility index (Phi) is 5.82. The Hall–Kier alpha value is -2.53. The first-order valence-corrected chi connectivity index (χ1v) is 7.85. The van der Waals surface area contributed by atoms with Crippen LogP contribution >= 0.6 is 11.6 Å². The lowest BCUT2D eigenvalue weighted by Gasteiger charge is -2.18. The van der Waals surface area contributed by atoms with E-state index < -0.39 is 17.9 Å². The van der Waals surface area contributed by atoms with Crippen molar-refractivity contribution in [3.63, 3.8) is 0 Å². The Labute approximate surface area is 145 Å². The van der Waals surface area contributed by atoms with Gasteiger partial charge in [-0.05, 0) is 44.0 Å². The number of hydrazine groups is 1. The molecule has 0 saturated carbocycles. The van der Waals surface area contributed by atoms with Gasteiger partial charge in [0.2, 0.25) is 0 Å². The van der Waals surface area contributed by atoms with Gasteiger partial charge in [-0.2, -0.15) is 0 Å². The fourth-order valence-corrected chi connectivity index (χ4v) is 2.37. The molecule has 2 rings (SSSR count). The number of amides is 2. The molecule has 6 heteroatoms. The summed E-state index contributed by atoms with van der Waals surface area (Å²) in [6.45, 7) is 5.43. The molecule has 126 valence electrons. The molecule has 0 aliphatic rings. The second-order valence-electron chi connectivity index (χ2n) is 5.40. The standard InChI is InChI=1S/C18H19ClN2O3/c1-11-7-6-8-12(2)16(11)24-13(3)17(22)20-21-18(23)14-9-4-5-10-15(14)19/h4-10,13H,1-3H3,(H,20,22)(H,21,23)/t13-/m1/s1. The van der Waals surface area contributed by atoms with Crippen molar-refractivity contribution in [3.8, 4) is 5.75 Å². The molecule has 0 aliphatic carbocycles. The number of carbonyl (C=O) groups is 2. The molecule has 2 aromatic carbocycles. The third kappa shape index (κ3) is 4.26. The van der Waals surface area contributed by atoms with Gasteiger partial charge in [-0.3, -0.25) is 20.4 Å². The number of nitrogens with one attached hydrogen (secondary N) is 2. The lowest BCUT2D eigenvalue weighted by Crippen LogP contribution is -2.47. The predicted octanol–water partition coefficient (Wildman–Crippen LogP) is 3.19. The van der Waals surface area contributed by atoms with E-state index in [0.717, 1.165) is 11.1 Å². The van der Waals surface area contributed by atoms with Gasteiger partial charge in [-0.1, -0.05) is 41.9 Å². The van der Waals surface area contributed by atoms with E-state index >= 15 is 0 Å². The van der Waals surface area contributed by atoms with Gasteiger partial charge in [0.1, 0.15) is 5.75 Å². The molecular formula is C18H19ClN2O3. The zero-order valence-electron chi connectivity index (χ0n) is 13.7. The SMILES string of the molecule is Cc1cccc(C)c1O[C@H](C)C(=O)NNC(=O)c1ccccc1Cl. The van der Waals surface area contributed by atoms with Crippen LogP contribution in [-0.4, -0.2) is 17.9 Å². The van der Waals surface area contributed by atoms with Gasteiger partial charge in [0.25, 0.3) is 11.8 Å². The average Bonchev–Trinajstić information content (AvgIpc) is 2.56. The van der Waals surface area contributed by atoms with E-state index in [1.165, 1.54) is 0 Å². The molecular weight excluding hydrogens is 328 g/mol. The van der Waals surface area contributed by atoms with Gasteiger partial charge in [-0.25, -0.2) is 0 Å². The Morgan fingerprint density at radius 2 is 1.62 bits per heavy atom. The summed E-state index contributed by atoms with van der Waals surface area (Å²) in [5, 5.41) is 0.309. The van der Waals surface area contributed by atoms with E-state index in [2.05, 4.69) is 10.9 Å².